The van der Waals surface area contributed by atoms with Gasteiger partial charge in [0, 0.05) is 19.2 Å². The number of rotatable bonds is 2. The van der Waals surface area contributed by atoms with Crippen molar-refractivity contribution in [3.8, 4) is 0 Å². The zero-order valence-corrected chi connectivity index (χ0v) is 8.67. The zero-order chi connectivity index (χ0) is 9.10. The van der Waals surface area contributed by atoms with E-state index in [0.717, 1.165) is 12.6 Å². The van der Waals surface area contributed by atoms with Crippen LogP contribution in [-0.4, -0.2) is 36.7 Å². The van der Waals surface area contributed by atoms with Crippen molar-refractivity contribution in [2.75, 3.05) is 19.7 Å². The van der Waals surface area contributed by atoms with Gasteiger partial charge >= 0.3 is 0 Å². The zero-order valence-electron chi connectivity index (χ0n) is 8.67. The molecular weight excluding hydrogens is 162 g/mol. The Balaban J connectivity index is 1.98. The van der Waals surface area contributed by atoms with Crippen LogP contribution in [0.5, 0.6) is 0 Å². The fourth-order valence-corrected chi connectivity index (χ4v) is 2.75. The average Bonchev–Trinajstić information content (AvgIpc) is 2.52. The van der Waals surface area contributed by atoms with Crippen LogP contribution in [0, 0.1) is 0 Å². The van der Waals surface area contributed by atoms with Gasteiger partial charge in [-0.05, 0) is 38.6 Å². The van der Waals surface area contributed by atoms with Crippen molar-refractivity contribution in [2.24, 2.45) is 0 Å². The molecule has 1 saturated carbocycles. The lowest BCUT2D eigenvalue weighted by atomic mass is 10.1. The summed E-state index contributed by atoms with van der Waals surface area (Å²) in [6.07, 6.45) is 7.11. The molecule has 2 fully saturated rings. The standard InChI is InChI=1S/C11H21NO/c1-2-7-12-8-4-9-13-11-6-3-5-10(11)12/h10-11H,2-9H2,1H3/t10-,11-/m1/s1. The third-order valence-electron chi connectivity index (χ3n) is 3.32. The summed E-state index contributed by atoms with van der Waals surface area (Å²) in [7, 11) is 0. The minimum absolute atomic E-state index is 0.564. The Kier molecular flexibility index (Phi) is 3.23. The molecule has 0 unspecified atom stereocenters. The molecule has 1 saturated heterocycles. The van der Waals surface area contributed by atoms with Gasteiger partial charge in [0.25, 0.3) is 0 Å². The van der Waals surface area contributed by atoms with Crippen LogP contribution >= 0.6 is 0 Å². The van der Waals surface area contributed by atoms with E-state index in [1.165, 1.54) is 45.2 Å². The maximum Gasteiger partial charge on any atom is 0.0730 e. The van der Waals surface area contributed by atoms with Crippen molar-refractivity contribution >= 4 is 0 Å². The number of nitrogens with zero attached hydrogens (tertiary/aromatic N) is 1. The Hall–Kier alpha value is -0.0800. The SMILES string of the molecule is CCCN1CCCO[C@@H]2CCC[C@H]21. The number of hydrogen-bond donors (Lipinski definition) is 0. The van der Waals surface area contributed by atoms with Gasteiger partial charge in [-0.1, -0.05) is 6.92 Å². The van der Waals surface area contributed by atoms with E-state index in [0.29, 0.717) is 6.10 Å². The predicted molar refractivity (Wildman–Crippen MR) is 53.9 cm³/mol. The van der Waals surface area contributed by atoms with Crippen molar-refractivity contribution in [3.63, 3.8) is 0 Å². The maximum atomic E-state index is 5.86. The van der Waals surface area contributed by atoms with Gasteiger partial charge in [-0.2, -0.15) is 0 Å². The van der Waals surface area contributed by atoms with Gasteiger partial charge in [-0.25, -0.2) is 0 Å². The van der Waals surface area contributed by atoms with Crippen LogP contribution in [0.3, 0.4) is 0 Å². The topological polar surface area (TPSA) is 12.5 Å². The van der Waals surface area contributed by atoms with E-state index >= 15 is 0 Å². The van der Waals surface area contributed by atoms with Crippen LogP contribution in [-0.2, 0) is 4.74 Å². The van der Waals surface area contributed by atoms with Crippen molar-refractivity contribution in [3.05, 3.63) is 0 Å². The Labute approximate surface area is 81.3 Å². The number of hydrogen-bond acceptors (Lipinski definition) is 2. The summed E-state index contributed by atoms with van der Waals surface area (Å²) in [4.78, 5) is 2.66. The molecule has 1 aliphatic carbocycles. The summed E-state index contributed by atoms with van der Waals surface area (Å²) in [6, 6.07) is 0.752. The van der Waals surface area contributed by atoms with Crippen molar-refractivity contribution < 1.29 is 4.74 Å². The lowest BCUT2D eigenvalue weighted by molar-refractivity contribution is 0.0334. The van der Waals surface area contributed by atoms with Gasteiger partial charge in [0.2, 0.25) is 0 Å². The second-order valence-electron chi connectivity index (χ2n) is 4.30. The van der Waals surface area contributed by atoms with E-state index in [9.17, 15) is 0 Å². The minimum atomic E-state index is 0.564. The lowest BCUT2D eigenvalue weighted by Crippen LogP contribution is -2.40. The average molecular weight is 183 g/mol. The van der Waals surface area contributed by atoms with Crippen LogP contribution < -0.4 is 0 Å². The molecule has 2 aliphatic rings. The molecule has 2 heteroatoms. The third-order valence-corrected chi connectivity index (χ3v) is 3.32. The van der Waals surface area contributed by atoms with Crippen molar-refractivity contribution in [1.29, 1.82) is 0 Å². The molecule has 0 aromatic rings. The van der Waals surface area contributed by atoms with Gasteiger partial charge < -0.3 is 4.74 Å². The van der Waals surface area contributed by atoms with Crippen LogP contribution in [0.25, 0.3) is 0 Å². The number of fused-ring (bicyclic) bond motifs is 1. The van der Waals surface area contributed by atoms with Crippen molar-refractivity contribution in [2.45, 2.75) is 51.2 Å². The van der Waals surface area contributed by atoms with Crippen LogP contribution in [0.2, 0.25) is 0 Å². The molecule has 2 rings (SSSR count). The predicted octanol–water partition coefficient (Wildman–Crippen LogP) is 2.04. The Morgan fingerprint density at radius 1 is 1.31 bits per heavy atom. The molecule has 0 aromatic carbocycles. The Morgan fingerprint density at radius 3 is 3.08 bits per heavy atom. The van der Waals surface area contributed by atoms with E-state index in [1.54, 1.807) is 0 Å². The highest BCUT2D eigenvalue weighted by Gasteiger charge is 2.33. The monoisotopic (exact) mass is 183 g/mol. The number of ether oxygens (including phenoxy) is 1. The van der Waals surface area contributed by atoms with Gasteiger partial charge in [-0.3, -0.25) is 4.90 Å². The molecular formula is C11H21NO. The summed E-state index contributed by atoms with van der Waals surface area (Å²) in [5, 5.41) is 0. The van der Waals surface area contributed by atoms with Crippen LogP contribution in [0.4, 0.5) is 0 Å². The summed E-state index contributed by atoms with van der Waals surface area (Å²) in [5.74, 6) is 0. The summed E-state index contributed by atoms with van der Waals surface area (Å²) in [5.41, 5.74) is 0. The molecule has 0 bridgehead atoms. The van der Waals surface area contributed by atoms with Gasteiger partial charge in [0.15, 0.2) is 0 Å². The molecule has 0 spiro atoms. The molecule has 0 aromatic heterocycles. The maximum absolute atomic E-state index is 5.86. The van der Waals surface area contributed by atoms with Gasteiger partial charge in [0.05, 0.1) is 6.10 Å². The van der Waals surface area contributed by atoms with Crippen LogP contribution in [0.15, 0.2) is 0 Å². The van der Waals surface area contributed by atoms with E-state index < -0.39 is 0 Å². The highest BCUT2D eigenvalue weighted by Crippen LogP contribution is 2.29. The summed E-state index contributed by atoms with van der Waals surface area (Å²) < 4.78 is 5.86. The largest absolute Gasteiger partial charge is 0.377 e. The lowest BCUT2D eigenvalue weighted by Gasteiger charge is -2.29. The fraction of sp³-hybridized carbons (Fsp3) is 1.00. The molecule has 0 radical (unpaired) electrons. The smallest absolute Gasteiger partial charge is 0.0730 e. The fourth-order valence-electron chi connectivity index (χ4n) is 2.75. The third kappa shape index (κ3) is 2.05. The quantitative estimate of drug-likeness (QED) is 0.649. The van der Waals surface area contributed by atoms with E-state index in [2.05, 4.69) is 11.8 Å². The minimum Gasteiger partial charge on any atom is -0.377 e. The first kappa shape index (κ1) is 9.47. The Bertz CT molecular complexity index is 160. The second-order valence-corrected chi connectivity index (χ2v) is 4.30. The summed E-state index contributed by atoms with van der Waals surface area (Å²) >= 11 is 0. The molecule has 13 heavy (non-hydrogen) atoms. The molecule has 2 nitrogen and oxygen atoms in total. The molecule has 0 N–H and O–H groups in total. The van der Waals surface area contributed by atoms with Gasteiger partial charge in [0.1, 0.15) is 0 Å². The molecule has 1 heterocycles. The molecule has 0 amide bonds. The Morgan fingerprint density at radius 2 is 2.23 bits per heavy atom. The van der Waals surface area contributed by atoms with E-state index in [4.69, 9.17) is 4.74 Å². The van der Waals surface area contributed by atoms with E-state index in [1.807, 2.05) is 0 Å². The normalized spacial score (nSPS) is 35.8. The second kappa shape index (κ2) is 4.43. The summed E-state index contributed by atoms with van der Waals surface area (Å²) in [6.45, 7) is 5.79. The van der Waals surface area contributed by atoms with Crippen LogP contribution in [0.1, 0.15) is 39.0 Å². The molecule has 1 aliphatic heterocycles. The first-order valence-electron chi connectivity index (χ1n) is 5.77. The molecule has 76 valence electrons. The molecule has 2 atom stereocenters. The first-order chi connectivity index (χ1) is 6.42. The first-order valence-corrected chi connectivity index (χ1v) is 5.77. The van der Waals surface area contributed by atoms with E-state index in [-0.39, 0.29) is 0 Å². The highest BCUT2D eigenvalue weighted by atomic mass is 16.5. The van der Waals surface area contributed by atoms with Gasteiger partial charge in [-0.15, -0.1) is 0 Å². The highest BCUT2D eigenvalue weighted by molar-refractivity contribution is 4.87. The van der Waals surface area contributed by atoms with Crippen molar-refractivity contribution in [1.82, 2.24) is 4.90 Å².